The van der Waals surface area contributed by atoms with Gasteiger partial charge in [0.25, 0.3) is 0 Å². The first-order chi connectivity index (χ1) is 7.74. The normalized spacial score (nSPS) is 27.4. The molecule has 5 heteroatoms. The van der Waals surface area contributed by atoms with Gasteiger partial charge in [-0.1, -0.05) is 0 Å². The van der Waals surface area contributed by atoms with Gasteiger partial charge in [0, 0.05) is 12.6 Å². The molecular weight excluding hydrogens is 206 g/mol. The van der Waals surface area contributed by atoms with Crippen LogP contribution in [0.4, 0.5) is 5.82 Å². The second-order valence-corrected chi connectivity index (χ2v) is 4.57. The van der Waals surface area contributed by atoms with E-state index in [2.05, 4.69) is 15.1 Å². The van der Waals surface area contributed by atoms with E-state index < -0.39 is 5.97 Å². The summed E-state index contributed by atoms with van der Waals surface area (Å²) in [5, 5.41) is 16.4. The maximum Gasteiger partial charge on any atom is 0.356 e. The Hall–Kier alpha value is -1.65. The molecule has 0 aromatic carbocycles. The van der Waals surface area contributed by atoms with Crippen LogP contribution in [0.25, 0.3) is 0 Å². The van der Waals surface area contributed by atoms with Crippen molar-refractivity contribution in [3.63, 3.8) is 0 Å². The highest BCUT2D eigenvalue weighted by atomic mass is 16.4. The van der Waals surface area contributed by atoms with Gasteiger partial charge in [-0.2, -0.15) is 0 Å². The second-order valence-electron chi connectivity index (χ2n) is 4.57. The third kappa shape index (κ3) is 1.43. The van der Waals surface area contributed by atoms with Gasteiger partial charge < -0.3 is 10.0 Å². The number of nitrogens with zero attached hydrogens (tertiary/aromatic N) is 3. The molecule has 84 valence electrons. The topological polar surface area (TPSA) is 66.3 Å². The molecular formula is C11H13N3O2. The molecule has 1 aromatic heterocycles. The molecule has 2 fully saturated rings. The van der Waals surface area contributed by atoms with Gasteiger partial charge in [0.2, 0.25) is 0 Å². The van der Waals surface area contributed by atoms with E-state index in [-0.39, 0.29) is 5.69 Å². The summed E-state index contributed by atoms with van der Waals surface area (Å²) in [4.78, 5) is 12.9. The molecule has 2 unspecified atom stereocenters. The lowest BCUT2D eigenvalue weighted by Crippen LogP contribution is -2.32. The molecule has 2 aliphatic rings. The van der Waals surface area contributed by atoms with Gasteiger partial charge in [0.05, 0.1) is 0 Å². The van der Waals surface area contributed by atoms with Crippen LogP contribution in [0.15, 0.2) is 12.1 Å². The maximum absolute atomic E-state index is 10.6. The number of aromatic carboxylic acids is 1. The summed E-state index contributed by atoms with van der Waals surface area (Å²) in [6, 6.07) is 3.88. The number of carboxylic acids is 1. The summed E-state index contributed by atoms with van der Waals surface area (Å²) in [5.41, 5.74) is 0.00751. The highest BCUT2D eigenvalue weighted by Crippen LogP contribution is 2.39. The quantitative estimate of drug-likeness (QED) is 0.808. The van der Waals surface area contributed by atoms with Crippen molar-refractivity contribution in [2.24, 2.45) is 5.92 Å². The van der Waals surface area contributed by atoms with Gasteiger partial charge in [-0.05, 0) is 37.3 Å². The Balaban J connectivity index is 1.82. The monoisotopic (exact) mass is 219 g/mol. The molecule has 0 amide bonds. The van der Waals surface area contributed by atoms with Crippen molar-refractivity contribution in [3.05, 3.63) is 17.8 Å². The molecule has 1 saturated carbocycles. The third-order valence-electron chi connectivity index (χ3n) is 3.57. The number of piperidine rings is 1. The van der Waals surface area contributed by atoms with Crippen LogP contribution >= 0.6 is 0 Å². The lowest BCUT2D eigenvalue weighted by atomic mass is 10.1. The van der Waals surface area contributed by atoms with Crippen molar-refractivity contribution in [3.8, 4) is 0 Å². The van der Waals surface area contributed by atoms with Crippen LogP contribution in [-0.4, -0.2) is 33.9 Å². The van der Waals surface area contributed by atoms with Crippen molar-refractivity contribution in [1.29, 1.82) is 0 Å². The van der Waals surface area contributed by atoms with Crippen molar-refractivity contribution in [1.82, 2.24) is 10.2 Å². The average Bonchev–Trinajstić information content (AvgIpc) is 2.91. The zero-order valence-corrected chi connectivity index (χ0v) is 8.83. The fourth-order valence-corrected chi connectivity index (χ4v) is 2.80. The van der Waals surface area contributed by atoms with E-state index in [0.29, 0.717) is 6.04 Å². The smallest absolute Gasteiger partial charge is 0.356 e. The minimum absolute atomic E-state index is 0.00751. The maximum atomic E-state index is 10.6. The van der Waals surface area contributed by atoms with E-state index in [0.717, 1.165) is 18.3 Å². The molecule has 2 atom stereocenters. The first-order valence-corrected chi connectivity index (χ1v) is 5.57. The molecule has 1 N–H and O–H groups in total. The van der Waals surface area contributed by atoms with E-state index in [1.807, 2.05) is 0 Å². The van der Waals surface area contributed by atoms with Crippen molar-refractivity contribution in [2.75, 3.05) is 11.4 Å². The van der Waals surface area contributed by atoms with Gasteiger partial charge in [0.1, 0.15) is 0 Å². The molecule has 1 aliphatic carbocycles. The standard InChI is InChI=1S/C11H13N3O2/c15-11(16)9-3-4-10(13-12-9)14-6-7-1-2-8(14)5-7/h3-4,7-8H,1-2,5-6H2,(H,15,16). The van der Waals surface area contributed by atoms with Crippen LogP contribution < -0.4 is 4.90 Å². The summed E-state index contributed by atoms with van der Waals surface area (Å²) in [6.07, 6.45) is 3.80. The number of carbonyl (C=O) groups is 1. The molecule has 3 rings (SSSR count). The Labute approximate surface area is 93.1 Å². The third-order valence-corrected chi connectivity index (χ3v) is 3.57. The van der Waals surface area contributed by atoms with E-state index in [4.69, 9.17) is 5.11 Å². The van der Waals surface area contributed by atoms with Crippen molar-refractivity contribution in [2.45, 2.75) is 25.3 Å². The zero-order valence-electron chi connectivity index (χ0n) is 8.83. The number of aromatic nitrogens is 2. The fourth-order valence-electron chi connectivity index (χ4n) is 2.80. The Morgan fingerprint density at radius 2 is 2.25 bits per heavy atom. The lowest BCUT2D eigenvalue weighted by molar-refractivity contribution is 0.0689. The Bertz CT molecular complexity index is 418. The summed E-state index contributed by atoms with van der Waals surface area (Å²) < 4.78 is 0. The van der Waals surface area contributed by atoms with E-state index >= 15 is 0 Å². The average molecular weight is 219 g/mol. The molecule has 0 spiro atoms. The number of rotatable bonds is 2. The lowest BCUT2D eigenvalue weighted by Gasteiger charge is -2.27. The molecule has 0 radical (unpaired) electrons. The number of carboxylic acid groups (broad SMARTS) is 1. The van der Waals surface area contributed by atoms with E-state index in [1.165, 1.54) is 25.3 Å². The zero-order chi connectivity index (χ0) is 11.1. The predicted octanol–water partition coefficient (Wildman–Crippen LogP) is 1.16. The molecule has 1 saturated heterocycles. The number of hydrogen-bond donors (Lipinski definition) is 1. The number of fused-ring (bicyclic) bond motifs is 2. The second kappa shape index (κ2) is 3.43. The van der Waals surface area contributed by atoms with Crippen LogP contribution in [0.3, 0.4) is 0 Å². The molecule has 2 heterocycles. The van der Waals surface area contributed by atoms with Crippen LogP contribution in [0, 0.1) is 5.92 Å². The van der Waals surface area contributed by atoms with Crippen molar-refractivity contribution >= 4 is 11.8 Å². The number of anilines is 1. The first kappa shape index (κ1) is 9.57. The minimum Gasteiger partial charge on any atom is -0.476 e. The van der Waals surface area contributed by atoms with Crippen LogP contribution in [-0.2, 0) is 0 Å². The fraction of sp³-hybridized carbons (Fsp3) is 0.545. The Morgan fingerprint density at radius 1 is 1.38 bits per heavy atom. The molecule has 1 aromatic rings. The first-order valence-electron chi connectivity index (χ1n) is 5.57. The SMILES string of the molecule is O=C(O)c1ccc(N2CC3CCC2C3)nn1. The molecule has 5 nitrogen and oxygen atoms in total. The van der Waals surface area contributed by atoms with Gasteiger partial charge in [-0.25, -0.2) is 4.79 Å². The van der Waals surface area contributed by atoms with E-state index in [9.17, 15) is 4.79 Å². The largest absolute Gasteiger partial charge is 0.476 e. The Kier molecular flexibility index (Phi) is 2.05. The predicted molar refractivity (Wildman–Crippen MR) is 57.5 cm³/mol. The van der Waals surface area contributed by atoms with Crippen LogP contribution in [0.2, 0.25) is 0 Å². The van der Waals surface area contributed by atoms with Gasteiger partial charge in [0.15, 0.2) is 11.5 Å². The molecule has 1 aliphatic heterocycles. The molecule has 2 bridgehead atoms. The summed E-state index contributed by atoms with van der Waals surface area (Å²) >= 11 is 0. The highest BCUT2D eigenvalue weighted by molar-refractivity contribution is 5.85. The van der Waals surface area contributed by atoms with Gasteiger partial charge in [-0.15, -0.1) is 10.2 Å². The van der Waals surface area contributed by atoms with E-state index in [1.54, 1.807) is 6.07 Å². The molecule has 16 heavy (non-hydrogen) atoms. The van der Waals surface area contributed by atoms with Crippen molar-refractivity contribution < 1.29 is 9.90 Å². The summed E-state index contributed by atoms with van der Waals surface area (Å²) in [6.45, 7) is 1.05. The van der Waals surface area contributed by atoms with Gasteiger partial charge in [-0.3, -0.25) is 0 Å². The minimum atomic E-state index is -1.03. The Morgan fingerprint density at radius 3 is 2.75 bits per heavy atom. The highest BCUT2D eigenvalue weighted by Gasteiger charge is 2.38. The summed E-state index contributed by atoms with van der Waals surface area (Å²) in [5.74, 6) is 0.588. The van der Waals surface area contributed by atoms with Crippen LogP contribution in [0.1, 0.15) is 29.8 Å². The van der Waals surface area contributed by atoms with Crippen LogP contribution in [0.5, 0.6) is 0 Å². The van der Waals surface area contributed by atoms with Gasteiger partial charge >= 0.3 is 5.97 Å². The number of hydrogen-bond acceptors (Lipinski definition) is 4. The summed E-state index contributed by atoms with van der Waals surface area (Å²) in [7, 11) is 0.